The Kier molecular flexibility index (Phi) is 17.4. The Hall–Kier alpha value is -3.08. The van der Waals surface area contributed by atoms with Gasteiger partial charge in [-0.25, -0.2) is 43.2 Å². The molecular weight excluding hydrogens is 1030 g/mol. The van der Waals surface area contributed by atoms with Crippen molar-refractivity contribution in [2.45, 2.75) is 142 Å². The molecule has 6 rings (SSSR count). The van der Waals surface area contributed by atoms with Crippen LogP contribution < -0.4 is 0 Å². The fourth-order valence-electron chi connectivity index (χ4n) is 8.85. The highest BCUT2D eigenvalue weighted by atomic mass is 35.5. The third-order valence-electron chi connectivity index (χ3n) is 15.0. The van der Waals surface area contributed by atoms with Crippen molar-refractivity contribution in [2.24, 2.45) is 11.8 Å². The van der Waals surface area contributed by atoms with E-state index in [4.69, 9.17) is 32.1 Å². The van der Waals surface area contributed by atoms with Gasteiger partial charge in [0.2, 0.25) is 0 Å². The van der Waals surface area contributed by atoms with Crippen LogP contribution >= 0.6 is 23.2 Å². The maximum atomic E-state index is 15.3. The molecule has 0 aliphatic heterocycles. The number of halogens is 8. The maximum absolute atomic E-state index is 15.3. The zero-order valence-electron chi connectivity index (χ0n) is 41.0. The van der Waals surface area contributed by atoms with Gasteiger partial charge in [0.1, 0.15) is 26.9 Å². The molecule has 386 valence electrons. The third-order valence-corrected chi connectivity index (χ3v) is 29.7. The first kappa shape index (κ1) is 57.8. The third kappa shape index (κ3) is 11.1. The van der Waals surface area contributed by atoms with Gasteiger partial charge in [0.05, 0.1) is 15.9 Å². The van der Waals surface area contributed by atoms with Crippen LogP contribution in [0.2, 0.25) is 46.3 Å². The van der Waals surface area contributed by atoms with Gasteiger partial charge in [0, 0.05) is 59.1 Å². The van der Waals surface area contributed by atoms with Crippen molar-refractivity contribution in [1.82, 2.24) is 0 Å². The van der Waals surface area contributed by atoms with E-state index in [2.05, 4.69) is 0 Å². The Morgan fingerprint density at radius 2 is 0.957 bits per heavy atom. The molecular formula is C50H62Cl2F6O8S2Si2. The highest BCUT2D eigenvalue weighted by Crippen LogP contribution is 2.55. The van der Waals surface area contributed by atoms with Gasteiger partial charge in [-0.2, -0.15) is 0 Å². The zero-order chi connectivity index (χ0) is 52.8. The lowest BCUT2D eigenvalue weighted by Gasteiger charge is -2.47. The molecule has 0 amide bonds. The fraction of sp³-hybridized carbons (Fsp3) is 0.500. The lowest BCUT2D eigenvalue weighted by molar-refractivity contribution is -0.122. The van der Waals surface area contributed by atoms with Crippen LogP contribution in [0.15, 0.2) is 82.6 Å². The summed E-state index contributed by atoms with van der Waals surface area (Å²) >= 11 is 11.9. The summed E-state index contributed by atoms with van der Waals surface area (Å²) in [5.74, 6) is -10.6. The van der Waals surface area contributed by atoms with Crippen molar-refractivity contribution in [2.75, 3.05) is 13.2 Å². The summed E-state index contributed by atoms with van der Waals surface area (Å²) in [4.78, 5) is 12.1. The van der Waals surface area contributed by atoms with Crippen molar-refractivity contribution in [1.29, 1.82) is 0 Å². The highest BCUT2D eigenvalue weighted by molar-refractivity contribution is 7.92. The average molecular weight is 1100 g/mol. The summed E-state index contributed by atoms with van der Waals surface area (Å²) in [6, 6.07) is 13.2. The van der Waals surface area contributed by atoms with Crippen LogP contribution in [0.4, 0.5) is 26.3 Å². The van der Waals surface area contributed by atoms with Gasteiger partial charge >= 0.3 is 0 Å². The Morgan fingerprint density at radius 1 is 0.600 bits per heavy atom. The minimum Gasteiger partial charge on any atom is -0.416 e. The number of carbonyl (C=O) groups is 1. The molecule has 0 heterocycles. The average Bonchev–Trinajstić information content (AvgIpc) is 3.26. The Morgan fingerprint density at radius 3 is 1.34 bits per heavy atom. The first-order valence-electron chi connectivity index (χ1n) is 22.8. The summed E-state index contributed by atoms with van der Waals surface area (Å²) in [6.45, 7) is 19.5. The number of Topliss-reactive ketones (excluding diaryl/α,β-unsaturated/α-hetero) is 1. The van der Waals surface area contributed by atoms with Gasteiger partial charge in [-0.3, -0.25) is 4.79 Å². The number of aliphatic hydroxyl groups excluding tert-OH is 1. The molecule has 20 heteroatoms. The fourth-order valence-corrected chi connectivity index (χ4v) is 15.9. The van der Waals surface area contributed by atoms with Gasteiger partial charge in [-0.1, -0.05) is 64.7 Å². The van der Waals surface area contributed by atoms with E-state index in [-0.39, 0.29) is 81.0 Å². The van der Waals surface area contributed by atoms with Crippen LogP contribution in [0, 0.1) is 46.7 Å². The van der Waals surface area contributed by atoms with E-state index in [1.54, 1.807) is 0 Å². The van der Waals surface area contributed by atoms with Crippen LogP contribution in [0.3, 0.4) is 0 Å². The van der Waals surface area contributed by atoms with Crippen LogP contribution in [0.25, 0.3) is 0 Å². The van der Waals surface area contributed by atoms with E-state index in [9.17, 15) is 35.5 Å². The molecule has 2 aliphatic carbocycles. The molecule has 2 saturated carbocycles. The number of sulfone groups is 2. The Labute approximate surface area is 420 Å². The monoisotopic (exact) mass is 1090 g/mol. The largest absolute Gasteiger partial charge is 0.416 e. The molecule has 0 unspecified atom stereocenters. The SMILES string of the molecule is CC(C)(C)[Si](C)(C)OC[C@@H]1CC(=O)CC[C@@]1(c1c(F)ccc(F)c1F)S(=O)(=O)c1ccc(Cl)cc1.CC(C)(C)[Si](C)(C)OC[C@@H]1C[C@@H](O)CC[C@@]1(c1c(F)ccc(F)c1F)S(=O)(=O)c1ccc(Cl)cc1. The van der Waals surface area contributed by atoms with Crippen molar-refractivity contribution < 1.29 is 61.9 Å². The molecule has 4 aromatic rings. The molecule has 2 fully saturated rings. The number of aliphatic hydroxyl groups is 1. The molecule has 0 aromatic heterocycles. The summed E-state index contributed by atoms with van der Waals surface area (Å²) in [6.07, 6.45) is -2.19. The number of hydrogen-bond donors (Lipinski definition) is 1. The second kappa shape index (κ2) is 21.0. The summed E-state index contributed by atoms with van der Waals surface area (Å²) in [5, 5.41) is 10.6. The minimum absolute atomic E-state index is 0.0290. The Balaban J connectivity index is 0.000000261. The van der Waals surface area contributed by atoms with Gasteiger partial charge in [-0.05, 0) is 135 Å². The molecule has 2 aliphatic rings. The molecule has 8 nitrogen and oxygen atoms in total. The van der Waals surface area contributed by atoms with Crippen LogP contribution in [-0.2, 0) is 42.8 Å². The lowest BCUT2D eigenvalue weighted by Crippen LogP contribution is -2.52. The van der Waals surface area contributed by atoms with Crippen LogP contribution in [0.1, 0.15) is 91.2 Å². The molecule has 0 bridgehead atoms. The maximum Gasteiger partial charge on any atom is 0.191 e. The molecule has 0 spiro atoms. The van der Waals surface area contributed by atoms with Gasteiger partial charge in [-0.15, -0.1) is 0 Å². The van der Waals surface area contributed by atoms with Gasteiger partial charge in [0.25, 0.3) is 0 Å². The predicted molar refractivity (Wildman–Crippen MR) is 265 cm³/mol. The van der Waals surface area contributed by atoms with E-state index >= 15 is 17.6 Å². The van der Waals surface area contributed by atoms with Crippen molar-refractivity contribution >= 4 is 65.3 Å². The first-order chi connectivity index (χ1) is 32.1. The van der Waals surface area contributed by atoms with Gasteiger partial charge < -0.3 is 14.0 Å². The number of carbonyl (C=O) groups excluding carboxylic acids is 1. The van der Waals surface area contributed by atoms with Crippen molar-refractivity contribution in [3.05, 3.63) is 129 Å². The van der Waals surface area contributed by atoms with E-state index in [1.165, 1.54) is 48.5 Å². The highest BCUT2D eigenvalue weighted by Gasteiger charge is 2.60. The normalized spacial score (nSPS) is 22.9. The number of hydrogen-bond acceptors (Lipinski definition) is 8. The lowest BCUT2D eigenvalue weighted by atomic mass is 9.73. The molecule has 70 heavy (non-hydrogen) atoms. The number of rotatable bonds is 12. The summed E-state index contributed by atoms with van der Waals surface area (Å²) < 4.78 is 155. The molecule has 0 saturated heterocycles. The summed E-state index contributed by atoms with van der Waals surface area (Å²) in [5.41, 5.74) is -1.73. The van der Waals surface area contributed by atoms with Crippen molar-refractivity contribution in [3.63, 3.8) is 0 Å². The molecule has 5 atom stereocenters. The smallest absolute Gasteiger partial charge is 0.191 e. The van der Waals surface area contributed by atoms with Crippen LogP contribution in [0.5, 0.6) is 0 Å². The minimum atomic E-state index is -4.55. The topological polar surface area (TPSA) is 124 Å². The quantitative estimate of drug-likeness (QED) is 0.0845. The molecule has 1 N–H and O–H groups in total. The standard InChI is InChI=1S/C25H32ClF3O4SSi.C25H30ClF3O4SSi/c2*1-24(2,3)35(4,5)33-15-16-14-18(30)12-13-25(16,22-20(27)10-11-21(28)23(22)29)34(31,32)19-8-6-17(26)7-9-19/h6-11,16,18,30H,12-15H2,1-5H3;6-11,16H,12-15H2,1-5H3/t16-,18-,25+;16-,25+/m00/s1. The second-order valence-corrected chi connectivity index (χ2v) is 36.2. The van der Waals surface area contributed by atoms with E-state index in [1.807, 2.05) is 67.7 Å². The van der Waals surface area contributed by atoms with E-state index < -0.39 is 116 Å². The van der Waals surface area contributed by atoms with Crippen molar-refractivity contribution in [3.8, 4) is 0 Å². The van der Waals surface area contributed by atoms with Gasteiger partial charge in [0.15, 0.2) is 59.6 Å². The Bertz CT molecular complexity index is 2790. The van der Waals surface area contributed by atoms with E-state index in [0.717, 1.165) is 12.1 Å². The molecule has 0 radical (unpaired) electrons. The number of ketones is 1. The zero-order valence-corrected chi connectivity index (χ0v) is 46.1. The summed E-state index contributed by atoms with van der Waals surface area (Å²) in [7, 11) is -13.9. The van der Waals surface area contributed by atoms with Crippen LogP contribution in [-0.4, -0.2) is 63.7 Å². The predicted octanol–water partition coefficient (Wildman–Crippen LogP) is 13.4. The van der Waals surface area contributed by atoms with E-state index in [0.29, 0.717) is 12.1 Å². The first-order valence-corrected chi connectivity index (χ1v) is 32.4. The molecule has 4 aromatic carbocycles. The number of benzene rings is 4. The second-order valence-electron chi connectivity index (χ2n) is 21.3.